The number of sulfonamides is 1. The maximum atomic E-state index is 12.2. The number of aryl methyl sites for hydroxylation is 1. The van der Waals surface area contributed by atoms with E-state index in [1.165, 1.54) is 23.3 Å². The summed E-state index contributed by atoms with van der Waals surface area (Å²) >= 11 is 3.17. The molecule has 0 aromatic carbocycles. The van der Waals surface area contributed by atoms with Crippen LogP contribution in [0.5, 0.6) is 0 Å². The molecule has 2 aromatic rings. The van der Waals surface area contributed by atoms with Gasteiger partial charge in [-0.25, -0.2) is 29.0 Å². The molecule has 0 unspecified atom stereocenters. The molecule has 0 saturated carbocycles. The van der Waals surface area contributed by atoms with Crippen molar-refractivity contribution in [1.29, 1.82) is 0 Å². The minimum atomic E-state index is -3.79. The van der Waals surface area contributed by atoms with Crippen LogP contribution in [0.3, 0.4) is 0 Å². The number of nitrogens with one attached hydrogen (secondary N) is 2. The third-order valence-corrected chi connectivity index (χ3v) is 4.16. The summed E-state index contributed by atoms with van der Waals surface area (Å²) < 4.78 is 28.8. The molecule has 0 spiro atoms. The average Bonchev–Trinajstić information content (AvgIpc) is 2.82. The molecule has 20 heavy (non-hydrogen) atoms. The van der Waals surface area contributed by atoms with Gasteiger partial charge in [0.1, 0.15) is 11.2 Å². The van der Waals surface area contributed by atoms with Crippen LogP contribution in [0.25, 0.3) is 0 Å². The Hall–Kier alpha value is -1.56. The zero-order valence-corrected chi connectivity index (χ0v) is 12.8. The third kappa shape index (κ3) is 3.30. The second-order valence-corrected chi connectivity index (χ2v) is 6.45. The highest BCUT2D eigenvalue weighted by Gasteiger charge is 2.20. The number of pyridine rings is 1. The van der Waals surface area contributed by atoms with E-state index in [1.807, 2.05) is 0 Å². The molecule has 11 heteroatoms. The first-order valence-electron chi connectivity index (χ1n) is 5.39. The summed E-state index contributed by atoms with van der Waals surface area (Å²) in [7, 11) is -2.09. The van der Waals surface area contributed by atoms with Gasteiger partial charge in [-0.15, -0.1) is 0 Å². The molecule has 0 bridgehead atoms. The Morgan fingerprint density at radius 1 is 1.45 bits per heavy atom. The highest BCUT2D eigenvalue weighted by Crippen LogP contribution is 2.22. The summed E-state index contributed by atoms with van der Waals surface area (Å²) in [6, 6.07) is 1.40. The molecule has 9 nitrogen and oxygen atoms in total. The van der Waals surface area contributed by atoms with Crippen molar-refractivity contribution in [3.63, 3.8) is 0 Å². The van der Waals surface area contributed by atoms with Gasteiger partial charge in [0.25, 0.3) is 0 Å². The lowest BCUT2D eigenvalue weighted by Gasteiger charge is -2.09. The lowest BCUT2D eigenvalue weighted by atomic mass is 10.5. The number of aromatic nitrogens is 4. The van der Waals surface area contributed by atoms with Gasteiger partial charge in [0.15, 0.2) is 11.6 Å². The normalized spacial score (nSPS) is 11.6. The van der Waals surface area contributed by atoms with Gasteiger partial charge >= 0.3 is 0 Å². The average molecular weight is 362 g/mol. The fourth-order valence-corrected chi connectivity index (χ4v) is 3.04. The van der Waals surface area contributed by atoms with Crippen LogP contribution in [0, 0.1) is 0 Å². The maximum absolute atomic E-state index is 12.2. The van der Waals surface area contributed by atoms with Crippen molar-refractivity contribution in [2.24, 2.45) is 12.9 Å². The van der Waals surface area contributed by atoms with Crippen molar-refractivity contribution < 1.29 is 8.42 Å². The Kier molecular flexibility index (Phi) is 4.32. The smallest absolute Gasteiger partial charge is 0.244 e. The molecular weight excluding hydrogens is 350 g/mol. The van der Waals surface area contributed by atoms with Gasteiger partial charge < -0.3 is 5.43 Å². The van der Waals surface area contributed by atoms with Gasteiger partial charge in [0, 0.05) is 17.7 Å². The number of hydrazine groups is 1. The third-order valence-electron chi connectivity index (χ3n) is 2.31. The Bertz CT molecular complexity index is 715. The number of rotatable bonds is 5. The molecular formula is C9H12BrN7O2S. The fourth-order valence-electron chi connectivity index (χ4n) is 1.44. The van der Waals surface area contributed by atoms with Gasteiger partial charge in [0.05, 0.1) is 6.54 Å². The second kappa shape index (κ2) is 5.83. The molecule has 4 N–H and O–H groups in total. The SMILES string of the molecule is Cn1cnc(CNS(=O)(=O)c2cc(Br)cnc2NN)n1. The van der Waals surface area contributed by atoms with Crippen molar-refractivity contribution in [3.8, 4) is 0 Å². The molecule has 0 aliphatic carbocycles. The molecule has 2 aromatic heterocycles. The van der Waals surface area contributed by atoms with Crippen LogP contribution in [0.15, 0.2) is 28.0 Å². The minimum absolute atomic E-state index is 0.0281. The number of hydrogen-bond acceptors (Lipinski definition) is 7. The lowest BCUT2D eigenvalue weighted by Crippen LogP contribution is -2.26. The summed E-state index contributed by atoms with van der Waals surface area (Å²) in [4.78, 5) is 7.75. The highest BCUT2D eigenvalue weighted by atomic mass is 79.9. The van der Waals surface area contributed by atoms with Gasteiger partial charge in [-0.2, -0.15) is 5.10 Å². The van der Waals surface area contributed by atoms with E-state index in [-0.39, 0.29) is 17.3 Å². The van der Waals surface area contributed by atoms with Crippen molar-refractivity contribution in [3.05, 3.63) is 28.9 Å². The van der Waals surface area contributed by atoms with Gasteiger partial charge in [-0.05, 0) is 22.0 Å². The van der Waals surface area contributed by atoms with E-state index in [0.717, 1.165) is 0 Å². The van der Waals surface area contributed by atoms with Crippen LogP contribution in [-0.2, 0) is 23.6 Å². The quantitative estimate of drug-likeness (QED) is 0.494. The number of nitrogen functional groups attached to an aromatic ring is 1. The largest absolute Gasteiger partial charge is 0.307 e. The molecule has 0 aliphatic rings. The summed E-state index contributed by atoms with van der Waals surface area (Å²) in [6.45, 7) is -0.0281. The first-order chi connectivity index (χ1) is 9.42. The molecule has 0 amide bonds. The molecule has 2 heterocycles. The Labute approximate surface area is 123 Å². The minimum Gasteiger partial charge on any atom is -0.307 e. The van der Waals surface area contributed by atoms with E-state index >= 15 is 0 Å². The maximum Gasteiger partial charge on any atom is 0.244 e. The van der Waals surface area contributed by atoms with E-state index < -0.39 is 10.0 Å². The van der Waals surface area contributed by atoms with Gasteiger partial charge in [-0.3, -0.25) is 4.68 Å². The van der Waals surface area contributed by atoms with Crippen LogP contribution in [-0.4, -0.2) is 28.2 Å². The van der Waals surface area contributed by atoms with E-state index in [9.17, 15) is 8.42 Å². The number of nitrogens with two attached hydrogens (primary N) is 1. The molecule has 0 fully saturated rings. The Morgan fingerprint density at radius 2 is 2.20 bits per heavy atom. The summed E-state index contributed by atoms with van der Waals surface area (Å²) in [5.41, 5.74) is 2.24. The predicted octanol–water partition coefficient (Wildman–Crippen LogP) is -0.263. The van der Waals surface area contributed by atoms with Crippen LogP contribution in [0.1, 0.15) is 5.82 Å². The van der Waals surface area contributed by atoms with Crippen LogP contribution in [0.2, 0.25) is 0 Å². The first kappa shape index (κ1) is 14.8. The zero-order valence-electron chi connectivity index (χ0n) is 10.4. The summed E-state index contributed by atoms with van der Waals surface area (Å²) in [5, 5.41) is 3.98. The number of hydrogen-bond donors (Lipinski definition) is 3. The molecule has 0 saturated heterocycles. The van der Waals surface area contributed by atoms with Gasteiger partial charge in [-0.1, -0.05) is 0 Å². The second-order valence-electron chi connectivity index (χ2n) is 3.80. The highest BCUT2D eigenvalue weighted by molar-refractivity contribution is 9.10. The number of anilines is 1. The zero-order chi connectivity index (χ0) is 14.8. The predicted molar refractivity (Wildman–Crippen MR) is 74.8 cm³/mol. The Morgan fingerprint density at radius 3 is 2.80 bits per heavy atom. The van der Waals surface area contributed by atoms with Crippen molar-refractivity contribution in [2.75, 3.05) is 5.43 Å². The number of nitrogens with zero attached hydrogens (tertiary/aromatic N) is 4. The van der Waals surface area contributed by atoms with E-state index in [4.69, 9.17) is 5.84 Å². The topological polar surface area (TPSA) is 128 Å². The van der Waals surface area contributed by atoms with Crippen LogP contribution < -0.4 is 16.0 Å². The van der Waals surface area contributed by atoms with Crippen molar-refractivity contribution >= 4 is 31.8 Å². The Balaban J connectivity index is 2.24. The van der Waals surface area contributed by atoms with Crippen LogP contribution >= 0.6 is 15.9 Å². The molecule has 2 rings (SSSR count). The van der Waals surface area contributed by atoms with E-state index in [0.29, 0.717) is 10.3 Å². The number of halogens is 1. The van der Waals surface area contributed by atoms with E-state index in [2.05, 4.69) is 41.1 Å². The van der Waals surface area contributed by atoms with Gasteiger partial charge in [0.2, 0.25) is 10.0 Å². The van der Waals surface area contributed by atoms with Crippen molar-refractivity contribution in [1.82, 2.24) is 24.5 Å². The summed E-state index contributed by atoms with van der Waals surface area (Å²) in [5.74, 6) is 5.67. The summed E-state index contributed by atoms with van der Waals surface area (Å²) in [6.07, 6.45) is 2.92. The van der Waals surface area contributed by atoms with Crippen molar-refractivity contribution in [2.45, 2.75) is 11.4 Å². The lowest BCUT2D eigenvalue weighted by molar-refractivity contribution is 0.578. The fraction of sp³-hybridized carbons (Fsp3) is 0.222. The molecule has 0 radical (unpaired) electrons. The molecule has 0 atom stereocenters. The standard InChI is InChI=1S/C9H12BrN7O2S/c1-17-5-13-8(16-17)4-14-20(18,19)7-2-6(10)3-12-9(7)15-11/h2-3,5,14H,4,11H2,1H3,(H,12,15). The van der Waals surface area contributed by atoms with E-state index in [1.54, 1.807) is 7.05 Å². The molecule has 0 aliphatic heterocycles. The van der Waals surface area contributed by atoms with Crippen LogP contribution in [0.4, 0.5) is 5.82 Å². The monoisotopic (exact) mass is 361 g/mol. The molecule has 108 valence electrons. The first-order valence-corrected chi connectivity index (χ1v) is 7.66.